The van der Waals surface area contributed by atoms with E-state index in [0.29, 0.717) is 22.8 Å². The second kappa shape index (κ2) is 8.34. The van der Waals surface area contributed by atoms with Crippen molar-refractivity contribution < 1.29 is 14.6 Å². The Morgan fingerprint density at radius 1 is 1.23 bits per heavy atom. The number of carboxylic acids is 1. The molecule has 0 aliphatic carbocycles. The summed E-state index contributed by atoms with van der Waals surface area (Å²) in [4.78, 5) is 11.9. The first-order valence-electron chi connectivity index (χ1n) is 9.33. The fourth-order valence-electron chi connectivity index (χ4n) is 3.32. The number of hydrogen-bond donors (Lipinski definition) is 2. The number of nitrogens with zero attached hydrogens (tertiary/aromatic N) is 3. The van der Waals surface area contributed by atoms with E-state index in [0.717, 1.165) is 22.5 Å². The van der Waals surface area contributed by atoms with Gasteiger partial charge in [-0.05, 0) is 71.8 Å². The number of rotatable bonds is 6. The van der Waals surface area contributed by atoms with Crippen LogP contribution in [0.1, 0.15) is 21.6 Å². The summed E-state index contributed by atoms with van der Waals surface area (Å²) in [5, 5.41) is 30.8. The Labute approximate surface area is 182 Å². The van der Waals surface area contributed by atoms with E-state index in [4.69, 9.17) is 15.1 Å². The molecule has 0 saturated carbocycles. The smallest absolute Gasteiger partial charge is 0.337 e. The summed E-state index contributed by atoms with van der Waals surface area (Å²) in [5.74, 6) is 0.0192. The molecular formula is C23H18N4O3S. The molecule has 4 rings (SSSR count). The summed E-state index contributed by atoms with van der Waals surface area (Å²) >= 11 is 1.57. The van der Waals surface area contributed by atoms with Gasteiger partial charge in [-0.3, -0.25) is 0 Å². The van der Waals surface area contributed by atoms with Crippen LogP contribution in [-0.4, -0.2) is 28.0 Å². The molecule has 0 radical (unpaired) electrons. The predicted molar refractivity (Wildman–Crippen MR) is 120 cm³/mol. The van der Waals surface area contributed by atoms with E-state index >= 15 is 0 Å². The van der Waals surface area contributed by atoms with Crippen LogP contribution in [0.2, 0.25) is 0 Å². The number of carbonyl (C=O) groups is 1. The Kier molecular flexibility index (Phi) is 5.43. The van der Waals surface area contributed by atoms with Gasteiger partial charge in [0.2, 0.25) is 0 Å². The first-order valence-corrected chi connectivity index (χ1v) is 10.3. The number of methoxy groups -OCH3 is 1. The quantitative estimate of drug-likeness (QED) is 0.434. The number of anilines is 2. The van der Waals surface area contributed by atoms with Crippen molar-refractivity contribution in [2.45, 2.75) is 6.92 Å². The molecule has 0 spiro atoms. The normalized spacial score (nSPS) is 10.5. The third-order valence-electron chi connectivity index (χ3n) is 4.82. The van der Waals surface area contributed by atoms with Crippen molar-refractivity contribution in [1.29, 1.82) is 5.26 Å². The Morgan fingerprint density at radius 3 is 2.61 bits per heavy atom. The molecule has 31 heavy (non-hydrogen) atoms. The van der Waals surface area contributed by atoms with Crippen LogP contribution in [0.25, 0.3) is 16.8 Å². The molecule has 0 atom stereocenters. The van der Waals surface area contributed by atoms with Crippen molar-refractivity contribution in [3.63, 3.8) is 0 Å². The molecular weight excluding hydrogens is 412 g/mol. The van der Waals surface area contributed by atoms with Crippen LogP contribution in [0.15, 0.2) is 59.3 Å². The van der Waals surface area contributed by atoms with E-state index in [-0.39, 0.29) is 5.56 Å². The van der Waals surface area contributed by atoms with Crippen molar-refractivity contribution in [3.8, 4) is 28.6 Å². The molecule has 0 saturated heterocycles. The topological polar surface area (TPSA) is 100 Å². The Bertz CT molecular complexity index is 1290. The van der Waals surface area contributed by atoms with Crippen molar-refractivity contribution in [1.82, 2.24) is 9.78 Å². The zero-order valence-corrected chi connectivity index (χ0v) is 17.6. The fourth-order valence-corrected chi connectivity index (χ4v) is 3.97. The monoisotopic (exact) mass is 430 g/mol. The molecule has 2 aromatic carbocycles. The average Bonchev–Trinajstić information content (AvgIpc) is 3.41. The number of hydrogen-bond acceptors (Lipinski definition) is 6. The molecule has 0 unspecified atom stereocenters. The Hall–Kier alpha value is -4.09. The summed E-state index contributed by atoms with van der Waals surface area (Å²) in [5.41, 5.74) is 4.43. The van der Waals surface area contributed by atoms with Crippen molar-refractivity contribution in [3.05, 3.63) is 76.1 Å². The number of aromatic nitrogens is 2. The molecule has 0 aliphatic heterocycles. The summed E-state index contributed by atoms with van der Waals surface area (Å²) in [7, 11) is 1.49. The zero-order chi connectivity index (χ0) is 22.0. The first kappa shape index (κ1) is 20.2. The van der Waals surface area contributed by atoms with Gasteiger partial charge in [-0.2, -0.15) is 21.7 Å². The largest absolute Gasteiger partial charge is 0.497 e. The molecule has 0 fully saturated rings. The summed E-state index contributed by atoms with van der Waals surface area (Å²) in [6, 6.07) is 16.0. The van der Waals surface area contributed by atoms with E-state index in [1.54, 1.807) is 52.4 Å². The van der Waals surface area contributed by atoms with E-state index in [2.05, 4.69) is 11.4 Å². The highest BCUT2D eigenvalue weighted by Gasteiger charge is 2.21. The zero-order valence-electron chi connectivity index (χ0n) is 16.8. The van der Waals surface area contributed by atoms with Crippen LogP contribution >= 0.6 is 11.3 Å². The standard InChI is InChI=1S/C23H18N4O3S/c1-14-21(16-9-10-31-13-16)22(27(26-14)17-5-3-15(12-24)4-6-17)25-20-8-7-18(30-2)11-19(20)23(28)29/h3-11,13,25H,1-2H3,(H,28,29). The number of benzene rings is 2. The molecule has 2 heterocycles. The lowest BCUT2D eigenvalue weighted by Gasteiger charge is -2.15. The van der Waals surface area contributed by atoms with Crippen LogP contribution in [0.5, 0.6) is 5.75 Å². The van der Waals surface area contributed by atoms with Crippen LogP contribution in [0.4, 0.5) is 11.5 Å². The van der Waals surface area contributed by atoms with Crippen molar-refractivity contribution in [2.24, 2.45) is 0 Å². The van der Waals surface area contributed by atoms with Gasteiger partial charge < -0.3 is 15.2 Å². The van der Waals surface area contributed by atoms with Crippen LogP contribution in [-0.2, 0) is 0 Å². The highest BCUT2D eigenvalue weighted by atomic mass is 32.1. The van der Waals surface area contributed by atoms with Crippen LogP contribution < -0.4 is 10.1 Å². The van der Waals surface area contributed by atoms with E-state index in [1.165, 1.54) is 13.2 Å². The lowest BCUT2D eigenvalue weighted by molar-refractivity contribution is 0.0697. The van der Waals surface area contributed by atoms with Gasteiger partial charge in [0.1, 0.15) is 11.6 Å². The minimum Gasteiger partial charge on any atom is -0.497 e. The van der Waals surface area contributed by atoms with Crippen molar-refractivity contribution >= 4 is 28.8 Å². The molecule has 154 valence electrons. The lowest BCUT2D eigenvalue weighted by atomic mass is 10.1. The average molecular weight is 430 g/mol. The molecule has 0 amide bonds. The lowest BCUT2D eigenvalue weighted by Crippen LogP contribution is -2.07. The van der Waals surface area contributed by atoms with Gasteiger partial charge in [-0.1, -0.05) is 0 Å². The first-order chi connectivity index (χ1) is 15.0. The summed E-state index contributed by atoms with van der Waals surface area (Å²) in [6.07, 6.45) is 0. The molecule has 0 bridgehead atoms. The van der Waals surface area contributed by atoms with Crippen LogP contribution in [0, 0.1) is 18.3 Å². The van der Waals surface area contributed by atoms with Gasteiger partial charge in [-0.25, -0.2) is 9.48 Å². The van der Waals surface area contributed by atoms with E-state index in [1.807, 2.05) is 23.8 Å². The fraction of sp³-hybridized carbons (Fsp3) is 0.0870. The van der Waals surface area contributed by atoms with Gasteiger partial charge in [0.05, 0.1) is 41.4 Å². The number of nitrogens with one attached hydrogen (secondary N) is 1. The molecule has 0 aliphatic rings. The Morgan fingerprint density at radius 2 is 2.00 bits per heavy atom. The van der Waals surface area contributed by atoms with Crippen LogP contribution in [0.3, 0.4) is 0 Å². The summed E-state index contributed by atoms with van der Waals surface area (Å²) in [6.45, 7) is 1.91. The second-order valence-corrected chi connectivity index (χ2v) is 7.51. The third kappa shape index (κ3) is 3.86. The van der Waals surface area contributed by atoms with E-state index in [9.17, 15) is 9.90 Å². The number of aromatic carboxylic acids is 1. The van der Waals surface area contributed by atoms with Gasteiger partial charge in [-0.15, -0.1) is 0 Å². The number of ether oxygens (including phenoxy) is 1. The van der Waals surface area contributed by atoms with Gasteiger partial charge in [0.25, 0.3) is 0 Å². The molecule has 7 nitrogen and oxygen atoms in total. The highest BCUT2D eigenvalue weighted by molar-refractivity contribution is 7.08. The molecule has 4 aromatic rings. The number of nitriles is 1. The van der Waals surface area contributed by atoms with Crippen molar-refractivity contribution in [2.75, 3.05) is 12.4 Å². The highest BCUT2D eigenvalue weighted by Crippen LogP contribution is 2.37. The SMILES string of the molecule is COc1ccc(Nc2c(-c3ccsc3)c(C)nn2-c2ccc(C#N)cc2)c(C(=O)O)c1. The third-order valence-corrected chi connectivity index (χ3v) is 5.50. The predicted octanol–water partition coefficient (Wildman–Crippen LogP) is 5.23. The minimum absolute atomic E-state index is 0.0841. The minimum atomic E-state index is -1.07. The maximum Gasteiger partial charge on any atom is 0.337 e. The van der Waals surface area contributed by atoms with Gasteiger partial charge in [0, 0.05) is 5.56 Å². The van der Waals surface area contributed by atoms with Gasteiger partial charge >= 0.3 is 5.97 Å². The number of carboxylic acid groups (broad SMARTS) is 1. The number of thiophene rings is 1. The Balaban J connectivity index is 1.90. The maximum absolute atomic E-state index is 11.9. The molecule has 2 N–H and O–H groups in total. The molecule has 8 heteroatoms. The molecule has 2 aromatic heterocycles. The maximum atomic E-state index is 11.9. The van der Waals surface area contributed by atoms with Gasteiger partial charge in [0.15, 0.2) is 0 Å². The number of aryl methyl sites for hydroxylation is 1. The summed E-state index contributed by atoms with van der Waals surface area (Å²) < 4.78 is 6.90. The van der Waals surface area contributed by atoms with E-state index < -0.39 is 5.97 Å². The second-order valence-electron chi connectivity index (χ2n) is 6.73.